The van der Waals surface area contributed by atoms with Crippen molar-refractivity contribution in [2.24, 2.45) is 5.92 Å². The SMILES string of the molecule is COc1c(C)cnc(CNCCC2CCOC2)c1C. The third-order valence-electron chi connectivity index (χ3n) is 3.80. The number of hydrogen-bond acceptors (Lipinski definition) is 4. The zero-order valence-corrected chi connectivity index (χ0v) is 12.2. The minimum absolute atomic E-state index is 0.731. The molecule has 2 heterocycles. The summed E-state index contributed by atoms with van der Waals surface area (Å²) in [5.74, 6) is 1.69. The highest BCUT2D eigenvalue weighted by Gasteiger charge is 2.15. The predicted octanol–water partition coefficient (Wildman–Crippen LogP) is 2.22. The highest BCUT2D eigenvalue weighted by atomic mass is 16.5. The van der Waals surface area contributed by atoms with E-state index in [4.69, 9.17) is 9.47 Å². The molecule has 1 atom stereocenters. The van der Waals surface area contributed by atoms with Gasteiger partial charge in [-0.25, -0.2) is 0 Å². The second kappa shape index (κ2) is 6.87. The van der Waals surface area contributed by atoms with Gasteiger partial charge in [-0.2, -0.15) is 0 Å². The van der Waals surface area contributed by atoms with Crippen molar-refractivity contribution in [3.8, 4) is 5.75 Å². The highest BCUT2D eigenvalue weighted by molar-refractivity contribution is 5.40. The molecule has 1 aliphatic heterocycles. The first kappa shape index (κ1) is 14.3. The van der Waals surface area contributed by atoms with Crippen molar-refractivity contribution in [3.05, 3.63) is 23.0 Å². The number of hydrogen-bond donors (Lipinski definition) is 1. The molecule has 1 fully saturated rings. The highest BCUT2D eigenvalue weighted by Crippen LogP contribution is 2.23. The van der Waals surface area contributed by atoms with Crippen LogP contribution in [0.3, 0.4) is 0 Å². The standard InChI is InChI=1S/C15H24N2O2/c1-11-8-17-14(12(2)15(11)18-3)9-16-6-4-13-5-7-19-10-13/h8,13,16H,4-7,9-10H2,1-3H3. The van der Waals surface area contributed by atoms with Gasteiger partial charge in [-0.3, -0.25) is 4.98 Å². The van der Waals surface area contributed by atoms with E-state index >= 15 is 0 Å². The number of aromatic nitrogens is 1. The average Bonchev–Trinajstić information content (AvgIpc) is 2.90. The summed E-state index contributed by atoms with van der Waals surface area (Å²) in [6.45, 7) is 7.77. The molecule has 106 valence electrons. The largest absolute Gasteiger partial charge is 0.496 e. The molecule has 0 bridgehead atoms. The molecule has 1 unspecified atom stereocenters. The van der Waals surface area contributed by atoms with Gasteiger partial charge in [0, 0.05) is 37.1 Å². The van der Waals surface area contributed by atoms with Crippen LogP contribution in [-0.4, -0.2) is 31.9 Å². The lowest BCUT2D eigenvalue weighted by Gasteiger charge is -2.13. The van der Waals surface area contributed by atoms with Gasteiger partial charge < -0.3 is 14.8 Å². The van der Waals surface area contributed by atoms with Gasteiger partial charge in [0.05, 0.1) is 12.8 Å². The summed E-state index contributed by atoms with van der Waals surface area (Å²) in [6.07, 6.45) is 4.27. The molecule has 0 amide bonds. The molecule has 0 radical (unpaired) electrons. The van der Waals surface area contributed by atoms with Crippen molar-refractivity contribution in [3.63, 3.8) is 0 Å². The molecule has 1 saturated heterocycles. The molecule has 1 aromatic rings. The number of aryl methyl sites for hydroxylation is 1. The van der Waals surface area contributed by atoms with Crippen molar-refractivity contribution in [2.75, 3.05) is 26.9 Å². The maximum absolute atomic E-state index is 5.42. The van der Waals surface area contributed by atoms with Crippen molar-refractivity contribution in [1.82, 2.24) is 10.3 Å². The van der Waals surface area contributed by atoms with Crippen LogP contribution in [-0.2, 0) is 11.3 Å². The van der Waals surface area contributed by atoms with Crippen molar-refractivity contribution in [2.45, 2.75) is 33.2 Å². The van der Waals surface area contributed by atoms with E-state index in [0.717, 1.165) is 54.8 Å². The number of methoxy groups -OCH3 is 1. The Morgan fingerprint density at radius 3 is 3.00 bits per heavy atom. The van der Waals surface area contributed by atoms with Crippen LogP contribution in [0.4, 0.5) is 0 Å². The molecule has 1 aromatic heterocycles. The quantitative estimate of drug-likeness (QED) is 0.800. The van der Waals surface area contributed by atoms with Crippen LogP contribution >= 0.6 is 0 Å². The van der Waals surface area contributed by atoms with Crippen molar-refractivity contribution < 1.29 is 9.47 Å². The van der Waals surface area contributed by atoms with Gasteiger partial charge in [0.1, 0.15) is 5.75 Å². The first-order valence-corrected chi connectivity index (χ1v) is 7.00. The minimum Gasteiger partial charge on any atom is -0.496 e. The first-order valence-electron chi connectivity index (χ1n) is 7.00. The topological polar surface area (TPSA) is 43.4 Å². The molecule has 0 aromatic carbocycles. The van der Waals surface area contributed by atoms with E-state index in [-0.39, 0.29) is 0 Å². The predicted molar refractivity (Wildman–Crippen MR) is 75.5 cm³/mol. The van der Waals surface area contributed by atoms with Crippen LogP contribution in [0, 0.1) is 19.8 Å². The Bertz CT molecular complexity index is 415. The molecular weight excluding hydrogens is 240 g/mol. The second-order valence-corrected chi connectivity index (χ2v) is 5.24. The molecule has 0 aliphatic carbocycles. The zero-order chi connectivity index (χ0) is 13.7. The second-order valence-electron chi connectivity index (χ2n) is 5.24. The maximum atomic E-state index is 5.42. The molecular formula is C15H24N2O2. The molecule has 1 N–H and O–H groups in total. The normalized spacial score (nSPS) is 18.8. The average molecular weight is 264 g/mol. The lowest BCUT2D eigenvalue weighted by molar-refractivity contribution is 0.184. The Kier molecular flexibility index (Phi) is 5.16. The van der Waals surface area contributed by atoms with Crippen molar-refractivity contribution >= 4 is 0 Å². The van der Waals surface area contributed by atoms with Crippen LogP contribution in [0.1, 0.15) is 29.7 Å². The van der Waals surface area contributed by atoms with Crippen LogP contribution in [0.15, 0.2) is 6.20 Å². The summed E-state index contributed by atoms with van der Waals surface area (Å²) >= 11 is 0. The van der Waals surface area contributed by atoms with Crippen molar-refractivity contribution in [1.29, 1.82) is 0 Å². The Morgan fingerprint density at radius 1 is 1.47 bits per heavy atom. The van der Waals surface area contributed by atoms with E-state index in [9.17, 15) is 0 Å². The number of nitrogens with one attached hydrogen (secondary N) is 1. The van der Waals surface area contributed by atoms with Gasteiger partial charge in [0.25, 0.3) is 0 Å². The summed E-state index contributed by atoms with van der Waals surface area (Å²) in [4.78, 5) is 4.49. The summed E-state index contributed by atoms with van der Waals surface area (Å²) < 4.78 is 10.8. The molecule has 0 spiro atoms. The third kappa shape index (κ3) is 3.67. The van der Waals surface area contributed by atoms with Gasteiger partial charge >= 0.3 is 0 Å². The van der Waals surface area contributed by atoms with Gasteiger partial charge in [-0.1, -0.05) is 0 Å². The number of rotatable bonds is 6. The van der Waals surface area contributed by atoms with E-state index in [2.05, 4.69) is 17.2 Å². The fraction of sp³-hybridized carbons (Fsp3) is 0.667. The Labute approximate surface area is 115 Å². The zero-order valence-electron chi connectivity index (χ0n) is 12.2. The van der Waals surface area contributed by atoms with E-state index in [1.807, 2.05) is 13.1 Å². The third-order valence-corrected chi connectivity index (χ3v) is 3.80. The van der Waals surface area contributed by atoms with Crippen LogP contribution in [0.2, 0.25) is 0 Å². The molecule has 19 heavy (non-hydrogen) atoms. The van der Waals surface area contributed by atoms with E-state index in [0.29, 0.717) is 0 Å². The van der Waals surface area contributed by atoms with E-state index in [1.54, 1.807) is 7.11 Å². The fourth-order valence-corrected chi connectivity index (χ4v) is 2.57. The Hall–Kier alpha value is -1.13. The summed E-state index contributed by atoms with van der Waals surface area (Å²) in [6, 6.07) is 0. The molecule has 2 rings (SSSR count). The van der Waals surface area contributed by atoms with E-state index in [1.165, 1.54) is 12.8 Å². The van der Waals surface area contributed by atoms with Gasteiger partial charge in [-0.15, -0.1) is 0 Å². The molecule has 0 saturated carbocycles. The fourth-order valence-electron chi connectivity index (χ4n) is 2.57. The van der Waals surface area contributed by atoms with Crippen LogP contribution in [0.5, 0.6) is 5.75 Å². The molecule has 4 nitrogen and oxygen atoms in total. The van der Waals surface area contributed by atoms with E-state index < -0.39 is 0 Å². The summed E-state index contributed by atoms with van der Waals surface area (Å²) in [5, 5.41) is 3.47. The van der Waals surface area contributed by atoms with Crippen LogP contribution < -0.4 is 10.1 Å². The van der Waals surface area contributed by atoms with Gasteiger partial charge in [-0.05, 0) is 39.2 Å². The van der Waals surface area contributed by atoms with Crippen LogP contribution in [0.25, 0.3) is 0 Å². The molecule has 4 heteroatoms. The Balaban J connectivity index is 1.82. The monoisotopic (exact) mass is 264 g/mol. The summed E-state index contributed by atoms with van der Waals surface area (Å²) in [5.41, 5.74) is 3.30. The number of nitrogens with zero attached hydrogens (tertiary/aromatic N) is 1. The summed E-state index contributed by atoms with van der Waals surface area (Å²) in [7, 11) is 1.71. The smallest absolute Gasteiger partial charge is 0.128 e. The maximum Gasteiger partial charge on any atom is 0.128 e. The number of pyridine rings is 1. The number of ether oxygens (including phenoxy) is 2. The molecule has 1 aliphatic rings. The van der Waals surface area contributed by atoms with Gasteiger partial charge in [0.15, 0.2) is 0 Å². The first-order chi connectivity index (χ1) is 9.22. The lowest BCUT2D eigenvalue weighted by Crippen LogP contribution is -2.19. The lowest BCUT2D eigenvalue weighted by atomic mass is 10.1. The Morgan fingerprint density at radius 2 is 2.32 bits per heavy atom. The van der Waals surface area contributed by atoms with Gasteiger partial charge in [0.2, 0.25) is 0 Å². The minimum atomic E-state index is 0.731.